The molecule has 0 saturated carbocycles. The maximum atomic E-state index is 7.84. The summed E-state index contributed by atoms with van der Waals surface area (Å²) in [5.74, 6) is 0.723. The smallest absolute Gasteiger partial charge is 0.0957 e. The van der Waals surface area contributed by atoms with Crippen molar-refractivity contribution in [3.63, 3.8) is 0 Å². The molecule has 1 aromatic rings. The fourth-order valence-electron chi connectivity index (χ4n) is 1.57. The van der Waals surface area contributed by atoms with Gasteiger partial charge < -0.3 is 4.90 Å². The second-order valence-electron chi connectivity index (χ2n) is 3.98. The molecule has 1 rings (SSSR count). The Morgan fingerprint density at radius 2 is 2.00 bits per heavy atom. The number of benzene rings is 1. The van der Waals surface area contributed by atoms with Crippen molar-refractivity contribution < 1.29 is 0 Å². The van der Waals surface area contributed by atoms with Crippen LogP contribution in [0.4, 0.5) is 0 Å². The summed E-state index contributed by atoms with van der Waals surface area (Å²) < 4.78 is 0. The van der Waals surface area contributed by atoms with Crippen LogP contribution in [0.5, 0.6) is 0 Å². The number of nitrogens with zero attached hydrogens (tertiary/aromatic N) is 1. The molecule has 0 saturated heterocycles. The van der Waals surface area contributed by atoms with Crippen LogP contribution in [0.15, 0.2) is 24.3 Å². The van der Waals surface area contributed by atoms with Crippen LogP contribution in [0.2, 0.25) is 0 Å². The van der Waals surface area contributed by atoms with E-state index >= 15 is 0 Å². The number of amidine groups is 1. The summed E-state index contributed by atoms with van der Waals surface area (Å²) in [7, 11) is 1.99. The van der Waals surface area contributed by atoms with Crippen molar-refractivity contribution in [2.75, 3.05) is 7.05 Å². The molecular formula is C13H20N2. The van der Waals surface area contributed by atoms with Gasteiger partial charge in [-0.25, -0.2) is 0 Å². The third-order valence-electron chi connectivity index (χ3n) is 2.62. The standard InChI is InChI=1S/C13H20N2/c1-4-7-13(14)15(3)10-12-9-6-5-8-11(12)2/h5-6,8-9,14H,4,7,10H2,1-3H3. The Balaban J connectivity index is 2.62. The van der Waals surface area contributed by atoms with Crippen molar-refractivity contribution >= 4 is 5.84 Å². The number of rotatable bonds is 4. The molecule has 0 bridgehead atoms. The first-order valence-electron chi connectivity index (χ1n) is 5.48. The van der Waals surface area contributed by atoms with Crippen LogP contribution in [-0.4, -0.2) is 17.8 Å². The van der Waals surface area contributed by atoms with Crippen LogP contribution in [0.25, 0.3) is 0 Å². The van der Waals surface area contributed by atoms with Gasteiger partial charge >= 0.3 is 0 Å². The van der Waals surface area contributed by atoms with Crippen LogP contribution >= 0.6 is 0 Å². The Morgan fingerprint density at radius 1 is 1.33 bits per heavy atom. The van der Waals surface area contributed by atoms with Crippen molar-refractivity contribution in [2.24, 2.45) is 0 Å². The van der Waals surface area contributed by atoms with Gasteiger partial charge in [0.25, 0.3) is 0 Å². The lowest BCUT2D eigenvalue weighted by atomic mass is 10.1. The molecule has 2 nitrogen and oxygen atoms in total. The molecule has 0 unspecified atom stereocenters. The first-order chi connectivity index (χ1) is 7.15. The summed E-state index contributed by atoms with van der Waals surface area (Å²) in [4.78, 5) is 2.02. The molecule has 0 aliphatic heterocycles. The lowest BCUT2D eigenvalue weighted by Gasteiger charge is -2.20. The van der Waals surface area contributed by atoms with Crippen LogP contribution in [0.1, 0.15) is 30.9 Å². The third kappa shape index (κ3) is 3.39. The highest BCUT2D eigenvalue weighted by molar-refractivity contribution is 5.78. The highest BCUT2D eigenvalue weighted by Gasteiger charge is 2.05. The van der Waals surface area contributed by atoms with Gasteiger partial charge in [0.2, 0.25) is 0 Å². The monoisotopic (exact) mass is 204 g/mol. The molecule has 0 spiro atoms. The molecule has 1 aromatic carbocycles. The van der Waals surface area contributed by atoms with Gasteiger partial charge in [-0.2, -0.15) is 0 Å². The summed E-state index contributed by atoms with van der Waals surface area (Å²) in [5.41, 5.74) is 2.61. The number of aryl methyl sites for hydroxylation is 1. The number of hydrogen-bond donors (Lipinski definition) is 1. The van der Waals surface area contributed by atoms with Crippen LogP contribution in [-0.2, 0) is 6.54 Å². The SMILES string of the molecule is CCCC(=N)N(C)Cc1ccccc1C. The topological polar surface area (TPSA) is 27.1 Å². The van der Waals surface area contributed by atoms with E-state index in [0.29, 0.717) is 0 Å². The minimum Gasteiger partial charge on any atom is -0.359 e. The molecule has 0 atom stereocenters. The van der Waals surface area contributed by atoms with E-state index in [0.717, 1.165) is 25.2 Å². The van der Waals surface area contributed by atoms with E-state index in [2.05, 4.69) is 38.1 Å². The molecule has 15 heavy (non-hydrogen) atoms. The summed E-state index contributed by atoms with van der Waals surface area (Å²) in [6.45, 7) is 5.06. The summed E-state index contributed by atoms with van der Waals surface area (Å²) in [6.07, 6.45) is 1.90. The van der Waals surface area contributed by atoms with Crippen molar-refractivity contribution in [3.05, 3.63) is 35.4 Å². The van der Waals surface area contributed by atoms with E-state index in [-0.39, 0.29) is 0 Å². The fraction of sp³-hybridized carbons (Fsp3) is 0.462. The molecule has 0 heterocycles. The second kappa shape index (κ2) is 5.54. The maximum absolute atomic E-state index is 7.84. The highest BCUT2D eigenvalue weighted by Crippen LogP contribution is 2.10. The molecular weight excluding hydrogens is 184 g/mol. The van der Waals surface area contributed by atoms with Gasteiger partial charge in [0.05, 0.1) is 5.84 Å². The van der Waals surface area contributed by atoms with E-state index in [9.17, 15) is 0 Å². The molecule has 0 aliphatic rings. The van der Waals surface area contributed by atoms with Gasteiger partial charge in [-0.15, -0.1) is 0 Å². The molecule has 2 heteroatoms. The van der Waals surface area contributed by atoms with Crippen molar-refractivity contribution in [1.82, 2.24) is 4.90 Å². The normalized spacial score (nSPS) is 10.1. The average molecular weight is 204 g/mol. The Kier molecular flexibility index (Phi) is 4.35. The lowest BCUT2D eigenvalue weighted by Crippen LogP contribution is -2.25. The zero-order valence-electron chi connectivity index (χ0n) is 9.88. The maximum Gasteiger partial charge on any atom is 0.0957 e. The van der Waals surface area contributed by atoms with Gasteiger partial charge in [-0.1, -0.05) is 31.2 Å². The molecule has 0 fully saturated rings. The van der Waals surface area contributed by atoms with Gasteiger partial charge in [-0.05, 0) is 24.5 Å². The molecule has 0 amide bonds. The molecule has 1 N–H and O–H groups in total. The molecule has 0 aliphatic carbocycles. The van der Waals surface area contributed by atoms with Crippen molar-refractivity contribution in [3.8, 4) is 0 Å². The molecule has 0 aromatic heterocycles. The number of nitrogens with one attached hydrogen (secondary N) is 1. The minimum atomic E-state index is 0.723. The van der Waals surface area contributed by atoms with E-state index in [1.807, 2.05) is 11.9 Å². The van der Waals surface area contributed by atoms with Crippen LogP contribution in [0, 0.1) is 12.3 Å². The Labute approximate surface area is 92.4 Å². The Morgan fingerprint density at radius 3 is 2.60 bits per heavy atom. The zero-order chi connectivity index (χ0) is 11.3. The van der Waals surface area contributed by atoms with E-state index in [1.54, 1.807) is 0 Å². The Hall–Kier alpha value is -1.31. The lowest BCUT2D eigenvalue weighted by molar-refractivity contribution is 0.482. The predicted molar refractivity (Wildman–Crippen MR) is 65.3 cm³/mol. The molecule has 82 valence electrons. The highest BCUT2D eigenvalue weighted by atomic mass is 15.1. The van der Waals surface area contributed by atoms with Crippen molar-refractivity contribution in [1.29, 1.82) is 5.41 Å². The van der Waals surface area contributed by atoms with Gasteiger partial charge in [0.1, 0.15) is 0 Å². The largest absolute Gasteiger partial charge is 0.359 e. The summed E-state index contributed by atoms with van der Waals surface area (Å²) in [5, 5.41) is 7.84. The summed E-state index contributed by atoms with van der Waals surface area (Å²) in [6, 6.07) is 8.35. The van der Waals surface area contributed by atoms with E-state index in [4.69, 9.17) is 5.41 Å². The Bertz CT molecular complexity index is 331. The fourth-order valence-corrected chi connectivity index (χ4v) is 1.57. The van der Waals surface area contributed by atoms with Gasteiger partial charge in [-0.3, -0.25) is 5.41 Å². The second-order valence-corrected chi connectivity index (χ2v) is 3.98. The van der Waals surface area contributed by atoms with Gasteiger partial charge in [0, 0.05) is 20.0 Å². The van der Waals surface area contributed by atoms with Crippen LogP contribution in [0.3, 0.4) is 0 Å². The van der Waals surface area contributed by atoms with E-state index in [1.165, 1.54) is 11.1 Å². The van der Waals surface area contributed by atoms with Crippen LogP contribution < -0.4 is 0 Å². The first-order valence-corrected chi connectivity index (χ1v) is 5.48. The van der Waals surface area contributed by atoms with Gasteiger partial charge in [0.15, 0.2) is 0 Å². The predicted octanol–water partition coefficient (Wildman–Crippen LogP) is 3.20. The average Bonchev–Trinajstić information content (AvgIpc) is 2.21. The van der Waals surface area contributed by atoms with Crippen molar-refractivity contribution in [2.45, 2.75) is 33.2 Å². The summed E-state index contributed by atoms with van der Waals surface area (Å²) >= 11 is 0. The zero-order valence-corrected chi connectivity index (χ0v) is 9.88. The quantitative estimate of drug-likeness (QED) is 0.592. The first kappa shape index (κ1) is 11.8. The number of hydrogen-bond acceptors (Lipinski definition) is 1. The van der Waals surface area contributed by atoms with E-state index < -0.39 is 0 Å². The third-order valence-corrected chi connectivity index (χ3v) is 2.62. The molecule has 0 radical (unpaired) electrons. The minimum absolute atomic E-state index is 0.723.